The lowest BCUT2D eigenvalue weighted by atomic mass is 10.0. The second kappa shape index (κ2) is 5.40. The van der Waals surface area contributed by atoms with Gasteiger partial charge in [-0.2, -0.15) is 0 Å². The van der Waals surface area contributed by atoms with Gasteiger partial charge in [-0.1, -0.05) is 12.1 Å². The first-order chi connectivity index (χ1) is 9.04. The summed E-state index contributed by atoms with van der Waals surface area (Å²) in [7, 11) is 0. The Kier molecular flexibility index (Phi) is 3.96. The molecule has 0 spiro atoms. The molecule has 0 amide bonds. The standard InChI is InChI=1S/C14H11Br2ClOS/c1-7-4-9-5-8(2-3-11(9)18-7)13(17)10-6-12(15)19-14(10)16/h2-3,5-7,13H,4H2,1H3. The fourth-order valence-corrected chi connectivity index (χ4v) is 5.71. The lowest BCUT2D eigenvalue weighted by Crippen LogP contribution is -2.05. The lowest BCUT2D eigenvalue weighted by molar-refractivity contribution is 0.254. The quantitative estimate of drug-likeness (QED) is 0.546. The normalized spacial score (nSPS) is 19.1. The fourth-order valence-electron chi connectivity index (χ4n) is 2.30. The molecule has 2 unspecified atom stereocenters. The Hall–Kier alpha value is -0.0300. The minimum Gasteiger partial charge on any atom is -0.490 e. The summed E-state index contributed by atoms with van der Waals surface area (Å²) >= 11 is 15.3. The van der Waals surface area contributed by atoms with Gasteiger partial charge >= 0.3 is 0 Å². The fraction of sp³-hybridized carbons (Fsp3) is 0.286. The molecule has 2 aromatic rings. The highest BCUT2D eigenvalue weighted by molar-refractivity contribution is 9.12. The average Bonchev–Trinajstić information content (AvgIpc) is 2.88. The maximum absolute atomic E-state index is 6.60. The summed E-state index contributed by atoms with van der Waals surface area (Å²) in [5.74, 6) is 0.991. The van der Waals surface area contributed by atoms with E-state index in [1.54, 1.807) is 11.3 Å². The van der Waals surface area contributed by atoms with Crippen LogP contribution in [0.5, 0.6) is 5.75 Å². The highest BCUT2D eigenvalue weighted by Crippen LogP contribution is 2.42. The van der Waals surface area contributed by atoms with Gasteiger partial charge in [-0.05, 0) is 62.0 Å². The third-order valence-electron chi connectivity index (χ3n) is 3.17. The van der Waals surface area contributed by atoms with Crippen molar-refractivity contribution in [2.24, 2.45) is 0 Å². The van der Waals surface area contributed by atoms with Gasteiger partial charge in [0.1, 0.15) is 11.9 Å². The first kappa shape index (κ1) is 13.9. The summed E-state index contributed by atoms with van der Waals surface area (Å²) in [4.78, 5) is 0. The van der Waals surface area contributed by atoms with Gasteiger partial charge in [-0.25, -0.2) is 0 Å². The number of benzene rings is 1. The van der Waals surface area contributed by atoms with Crippen LogP contribution in [0.15, 0.2) is 31.8 Å². The molecule has 1 aromatic heterocycles. The zero-order valence-corrected chi connectivity index (χ0v) is 14.9. The summed E-state index contributed by atoms with van der Waals surface area (Å²) in [5.41, 5.74) is 3.47. The van der Waals surface area contributed by atoms with Crippen LogP contribution in [0.2, 0.25) is 0 Å². The highest BCUT2D eigenvalue weighted by atomic mass is 79.9. The summed E-state index contributed by atoms with van der Waals surface area (Å²) in [6.45, 7) is 2.09. The molecule has 0 saturated heterocycles. The van der Waals surface area contributed by atoms with Crippen LogP contribution in [0.1, 0.15) is 29.0 Å². The largest absolute Gasteiger partial charge is 0.490 e. The molecule has 3 rings (SSSR count). The second-order valence-corrected chi connectivity index (χ2v) is 8.83. The Balaban J connectivity index is 1.95. The van der Waals surface area contributed by atoms with Crippen molar-refractivity contribution in [3.8, 4) is 5.75 Å². The monoisotopic (exact) mass is 420 g/mol. The molecule has 1 aliphatic heterocycles. The van der Waals surface area contributed by atoms with E-state index in [-0.39, 0.29) is 11.5 Å². The average molecular weight is 423 g/mol. The molecule has 100 valence electrons. The molecule has 1 aromatic carbocycles. The van der Waals surface area contributed by atoms with E-state index in [0.29, 0.717) is 0 Å². The van der Waals surface area contributed by atoms with E-state index in [1.165, 1.54) is 5.56 Å². The van der Waals surface area contributed by atoms with E-state index in [2.05, 4.69) is 50.9 Å². The Bertz CT molecular complexity index is 626. The molecule has 0 bridgehead atoms. The molecular formula is C14H11Br2ClOS. The van der Waals surface area contributed by atoms with Crippen LogP contribution in [-0.4, -0.2) is 6.10 Å². The molecule has 5 heteroatoms. The molecular weight excluding hydrogens is 411 g/mol. The van der Waals surface area contributed by atoms with Gasteiger partial charge in [0.05, 0.1) is 12.9 Å². The van der Waals surface area contributed by atoms with E-state index in [0.717, 1.165) is 30.9 Å². The summed E-state index contributed by atoms with van der Waals surface area (Å²) in [6, 6.07) is 8.30. The van der Waals surface area contributed by atoms with E-state index in [9.17, 15) is 0 Å². The Labute approximate surface area is 138 Å². The minimum absolute atomic E-state index is 0.141. The van der Waals surface area contributed by atoms with Crippen molar-refractivity contribution < 1.29 is 4.74 Å². The molecule has 1 nitrogen and oxygen atoms in total. The van der Waals surface area contributed by atoms with Crippen molar-refractivity contribution in [1.82, 2.24) is 0 Å². The Morgan fingerprint density at radius 1 is 1.37 bits per heavy atom. The van der Waals surface area contributed by atoms with E-state index >= 15 is 0 Å². The first-order valence-corrected chi connectivity index (χ1v) is 8.77. The number of alkyl halides is 1. The Morgan fingerprint density at radius 3 is 2.84 bits per heavy atom. The van der Waals surface area contributed by atoms with Crippen molar-refractivity contribution in [3.05, 3.63) is 48.5 Å². The van der Waals surface area contributed by atoms with Crippen molar-refractivity contribution in [3.63, 3.8) is 0 Å². The predicted molar refractivity (Wildman–Crippen MR) is 87.7 cm³/mol. The van der Waals surface area contributed by atoms with Gasteiger partial charge in [0.25, 0.3) is 0 Å². The third-order valence-corrected chi connectivity index (χ3v) is 6.04. The van der Waals surface area contributed by atoms with Crippen molar-refractivity contribution in [2.75, 3.05) is 0 Å². The molecule has 2 atom stereocenters. The van der Waals surface area contributed by atoms with Crippen LogP contribution >= 0.6 is 54.8 Å². The summed E-state index contributed by atoms with van der Waals surface area (Å²) < 4.78 is 7.87. The number of thiophene rings is 1. The van der Waals surface area contributed by atoms with Crippen LogP contribution in [0.3, 0.4) is 0 Å². The van der Waals surface area contributed by atoms with E-state index in [4.69, 9.17) is 16.3 Å². The number of halogens is 3. The van der Waals surface area contributed by atoms with Gasteiger partial charge in [0, 0.05) is 12.0 Å². The van der Waals surface area contributed by atoms with Crippen molar-refractivity contribution >= 4 is 54.8 Å². The smallest absolute Gasteiger partial charge is 0.123 e. The van der Waals surface area contributed by atoms with Crippen LogP contribution in [0, 0.1) is 0 Å². The second-order valence-electron chi connectivity index (χ2n) is 4.64. The van der Waals surface area contributed by atoms with Crippen molar-refractivity contribution in [1.29, 1.82) is 0 Å². The summed E-state index contributed by atoms with van der Waals surface area (Å²) in [6.07, 6.45) is 1.22. The maximum atomic E-state index is 6.60. The van der Waals surface area contributed by atoms with E-state index in [1.807, 2.05) is 12.1 Å². The molecule has 19 heavy (non-hydrogen) atoms. The zero-order chi connectivity index (χ0) is 13.6. The first-order valence-electron chi connectivity index (χ1n) is 5.93. The topological polar surface area (TPSA) is 9.23 Å². The van der Waals surface area contributed by atoms with Gasteiger partial charge in [-0.15, -0.1) is 22.9 Å². The number of hydrogen-bond acceptors (Lipinski definition) is 2. The zero-order valence-electron chi connectivity index (χ0n) is 10.1. The van der Waals surface area contributed by atoms with Crippen LogP contribution in [-0.2, 0) is 6.42 Å². The third kappa shape index (κ3) is 2.73. The number of rotatable bonds is 2. The van der Waals surface area contributed by atoms with Crippen LogP contribution in [0.4, 0.5) is 0 Å². The molecule has 0 fully saturated rings. The number of ether oxygens (including phenoxy) is 1. The summed E-state index contributed by atoms with van der Waals surface area (Å²) in [5, 5.41) is -0.141. The van der Waals surface area contributed by atoms with Gasteiger partial charge in [0.2, 0.25) is 0 Å². The molecule has 2 heterocycles. The minimum atomic E-state index is -0.141. The van der Waals surface area contributed by atoms with Crippen molar-refractivity contribution in [2.45, 2.75) is 24.8 Å². The Morgan fingerprint density at radius 2 is 2.16 bits per heavy atom. The molecule has 1 aliphatic rings. The molecule has 0 aliphatic carbocycles. The lowest BCUT2D eigenvalue weighted by Gasteiger charge is -2.10. The molecule has 0 saturated carbocycles. The predicted octanol–water partition coefficient (Wildman–Crippen LogP) is 5.92. The molecule has 0 radical (unpaired) electrons. The van der Waals surface area contributed by atoms with Gasteiger partial charge in [0.15, 0.2) is 0 Å². The number of fused-ring (bicyclic) bond motifs is 1. The van der Waals surface area contributed by atoms with Crippen LogP contribution < -0.4 is 4.74 Å². The van der Waals surface area contributed by atoms with E-state index < -0.39 is 0 Å². The van der Waals surface area contributed by atoms with Crippen LogP contribution in [0.25, 0.3) is 0 Å². The van der Waals surface area contributed by atoms with Gasteiger partial charge < -0.3 is 4.74 Å². The van der Waals surface area contributed by atoms with Gasteiger partial charge in [-0.3, -0.25) is 0 Å². The maximum Gasteiger partial charge on any atom is 0.123 e. The number of hydrogen-bond donors (Lipinski definition) is 0. The molecule has 0 N–H and O–H groups in total. The highest BCUT2D eigenvalue weighted by Gasteiger charge is 2.22. The SMILES string of the molecule is CC1Cc2cc(C(Cl)c3cc(Br)sc3Br)ccc2O1.